The highest BCUT2D eigenvalue weighted by Gasteiger charge is 2.04. The van der Waals surface area contributed by atoms with Crippen LogP contribution in [-0.2, 0) is 0 Å². The number of hydrogen-bond donors (Lipinski definition) is 1. The molecule has 1 aromatic carbocycles. The molecule has 1 heterocycles. The van der Waals surface area contributed by atoms with Gasteiger partial charge in [0.1, 0.15) is 0 Å². The molecule has 1 saturated heterocycles. The first-order chi connectivity index (χ1) is 6.39. The van der Waals surface area contributed by atoms with Gasteiger partial charge >= 0.3 is 0 Å². The van der Waals surface area contributed by atoms with Crippen molar-refractivity contribution in [1.82, 2.24) is 5.32 Å². The lowest BCUT2D eigenvalue weighted by Crippen LogP contribution is -2.27. The molecule has 1 aromatic rings. The Hall–Kier alpha value is -0.820. The molecule has 1 aliphatic heterocycles. The van der Waals surface area contributed by atoms with Gasteiger partial charge in [0.05, 0.1) is 0 Å². The maximum Gasteiger partial charge on any atom is -0.00231 e. The van der Waals surface area contributed by atoms with Crippen LogP contribution in [0.1, 0.15) is 19.8 Å². The summed E-state index contributed by atoms with van der Waals surface area (Å²) in [5.41, 5.74) is 0. The van der Waals surface area contributed by atoms with Crippen LogP contribution < -0.4 is 5.32 Å². The Labute approximate surface area is 81.2 Å². The summed E-state index contributed by atoms with van der Waals surface area (Å²) in [4.78, 5) is 0. The van der Waals surface area contributed by atoms with Crippen molar-refractivity contribution >= 4 is 0 Å². The summed E-state index contributed by atoms with van der Waals surface area (Å²) in [7, 11) is 0. The number of hydrogen-bond acceptors (Lipinski definition) is 1. The van der Waals surface area contributed by atoms with Crippen LogP contribution >= 0.6 is 0 Å². The molecule has 0 aromatic heterocycles. The second kappa shape index (κ2) is 6.67. The molecule has 1 atom stereocenters. The maximum atomic E-state index is 3.33. The van der Waals surface area contributed by atoms with Crippen LogP contribution in [0.3, 0.4) is 0 Å². The molecule has 0 bridgehead atoms. The van der Waals surface area contributed by atoms with Crippen LogP contribution in [0.4, 0.5) is 0 Å². The molecule has 1 heteroatoms. The topological polar surface area (TPSA) is 12.0 Å². The maximum absolute atomic E-state index is 3.33. The van der Waals surface area contributed by atoms with Gasteiger partial charge in [0.2, 0.25) is 0 Å². The van der Waals surface area contributed by atoms with Crippen LogP contribution in [0.2, 0.25) is 0 Å². The van der Waals surface area contributed by atoms with Gasteiger partial charge in [-0.05, 0) is 31.8 Å². The van der Waals surface area contributed by atoms with Crippen LogP contribution in [-0.4, -0.2) is 13.1 Å². The zero-order valence-electron chi connectivity index (χ0n) is 8.37. The number of piperidine rings is 1. The summed E-state index contributed by atoms with van der Waals surface area (Å²) < 4.78 is 0. The summed E-state index contributed by atoms with van der Waals surface area (Å²) in [6, 6.07) is 12.0. The van der Waals surface area contributed by atoms with E-state index in [0.717, 1.165) is 5.92 Å². The van der Waals surface area contributed by atoms with Gasteiger partial charge in [-0.2, -0.15) is 0 Å². The molecule has 1 unspecified atom stereocenters. The van der Waals surface area contributed by atoms with Crippen molar-refractivity contribution < 1.29 is 0 Å². The second-order valence-corrected chi connectivity index (χ2v) is 3.61. The molecule has 1 aliphatic rings. The van der Waals surface area contributed by atoms with E-state index in [4.69, 9.17) is 0 Å². The van der Waals surface area contributed by atoms with Gasteiger partial charge in [-0.15, -0.1) is 0 Å². The third kappa shape index (κ3) is 5.42. The average molecular weight is 177 g/mol. The van der Waals surface area contributed by atoms with E-state index in [0.29, 0.717) is 0 Å². The average Bonchev–Trinajstić information content (AvgIpc) is 2.22. The molecular weight excluding hydrogens is 158 g/mol. The van der Waals surface area contributed by atoms with Gasteiger partial charge in [-0.3, -0.25) is 0 Å². The molecule has 13 heavy (non-hydrogen) atoms. The minimum absolute atomic E-state index is 0.925. The lowest BCUT2D eigenvalue weighted by Gasteiger charge is -2.17. The number of rotatable bonds is 0. The quantitative estimate of drug-likeness (QED) is 0.642. The molecule has 1 nitrogen and oxygen atoms in total. The Morgan fingerprint density at radius 3 is 1.77 bits per heavy atom. The molecule has 1 N–H and O–H groups in total. The number of benzene rings is 1. The minimum atomic E-state index is 0.925. The first kappa shape index (κ1) is 10.3. The molecule has 1 fully saturated rings. The molecule has 2 rings (SSSR count). The molecule has 0 spiro atoms. The van der Waals surface area contributed by atoms with E-state index in [1.54, 1.807) is 0 Å². The Kier molecular flexibility index (Phi) is 5.27. The van der Waals surface area contributed by atoms with Crippen molar-refractivity contribution in [3.63, 3.8) is 0 Å². The predicted octanol–water partition coefficient (Wildman–Crippen LogP) is 2.69. The SMILES string of the molecule is CC1CCCNC1.c1ccccc1. The lowest BCUT2D eigenvalue weighted by atomic mass is 10.0. The zero-order valence-corrected chi connectivity index (χ0v) is 8.37. The summed E-state index contributed by atoms with van der Waals surface area (Å²) in [5, 5.41) is 3.33. The Morgan fingerprint density at radius 1 is 1.00 bits per heavy atom. The second-order valence-electron chi connectivity index (χ2n) is 3.61. The monoisotopic (exact) mass is 177 g/mol. The molecule has 72 valence electrons. The van der Waals surface area contributed by atoms with Gasteiger partial charge in [-0.1, -0.05) is 43.3 Å². The van der Waals surface area contributed by atoms with Crippen molar-refractivity contribution in [3.05, 3.63) is 36.4 Å². The largest absolute Gasteiger partial charge is 0.316 e. The van der Waals surface area contributed by atoms with Crippen LogP contribution in [0.5, 0.6) is 0 Å². The Balaban J connectivity index is 0.000000132. The molecular formula is C12H19N. The lowest BCUT2D eigenvalue weighted by molar-refractivity contribution is 0.405. The summed E-state index contributed by atoms with van der Waals surface area (Å²) in [5.74, 6) is 0.925. The molecule has 0 aliphatic carbocycles. The Bertz CT molecular complexity index is 163. The predicted molar refractivity (Wildman–Crippen MR) is 57.7 cm³/mol. The van der Waals surface area contributed by atoms with Gasteiger partial charge in [0, 0.05) is 0 Å². The fourth-order valence-electron chi connectivity index (χ4n) is 1.41. The highest BCUT2D eigenvalue weighted by molar-refractivity contribution is 4.99. The van der Waals surface area contributed by atoms with Gasteiger partial charge < -0.3 is 5.32 Å². The van der Waals surface area contributed by atoms with Crippen LogP contribution in [0.25, 0.3) is 0 Å². The third-order valence-corrected chi connectivity index (χ3v) is 2.21. The fourth-order valence-corrected chi connectivity index (χ4v) is 1.41. The first-order valence-corrected chi connectivity index (χ1v) is 5.10. The molecule has 0 amide bonds. The summed E-state index contributed by atoms with van der Waals surface area (Å²) in [6.45, 7) is 4.77. The summed E-state index contributed by atoms with van der Waals surface area (Å²) >= 11 is 0. The zero-order chi connectivity index (χ0) is 9.36. The van der Waals surface area contributed by atoms with E-state index in [1.807, 2.05) is 36.4 Å². The normalized spacial score (nSPS) is 21.5. The van der Waals surface area contributed by atoms with E-state index in [1.165, 1.54) is 25.9 Å². The van der Waals surface area contributed by atoms with E-state index >= 15 is 0 Å². The van der Waals surface area contributed by atoms with E-state index in [2.05, 4.69) is 12.2 Å². The van der Waals surface area contributed by atoms with Crippen LogP contribution in [0.15, 0.2) is 36.4 Å². The van der Waals surface area contributed by atoms with Gasteiger partial charge in [0.15, 0.2) is 0 Å². The van der Waals surface area contributed by atoms with Gasteiger partial charge in [0.25, 0.3) is 0 Å². The van der Waals surface area contributed by atoms with Crippen molar-refractivity contribution in [2.45, 2.75) is 19.8 Å². The molecule has 0 saturated carbocycles. The van der Waals surface area contributed by atoms with E-state index in [9.17, 15) is 0 Å². The smallest absolute Gasteiger partial charge is 0.00231 e. The minimum Gasteiger partial charge on any atom is -0.316 e. The summed E-state index contributed by atoms with van der Waals surface area (Å²) in [6.07, 6.45) is 2.80. The highest BCUT2D eigenvalue weighted by atomic mass is 14.9. The standard InChI is InChI=1S/C6H13N.C6H6/c1-6-3-2-4-7-5-6;1-2-4-6-5-3-1/h6-7H,2-5H2,1H3;1-6H. The molecule has 0 radical (unpaired) electrons. The first-order valence-electron chi connectivity index (χ1n) is 5.10. The highest BCUT2D eigenvalue weighted by Crippen LogP contribution is 2.06. The van der Waals surface area contributed by atoms with Crippen molar-refractivity contribution in [1.29, 1.82) is 0 Å². The van der Waals surface area contributed by atoms with E-state index in [-0.39, 0.29) is 0 Å². The van der Waals surface area contributed by atoms with Crippen molar-refractivity contribution in [2.75, 3.05) is 13.1 Å². The van der Waals surface area contributed by atoms with E-state index < -0.39 is 0 Å². The van der Waals surface area contributed by atoms with Gasteiger partial charge in [-0.25, -0.2) is 0 Å². The Morgan fingerprint density at radius 2 is 1.54 bits per heavy atom. The third-order valence-electron chi connectivity index (χ3n) is 2.21. The number of nitrogens with one attached hydrogen (secondary N) is 1. The van der Waals surface area contributed by atoms with Crippen LogP contribution in [0, 0.1) is 5.92 Å². The van der Waals surface area contributed by atoms with Crippen molar-refractivity contribution in [3.8, 4) is 0 Å². The van der Waals surface area contributed by atoms with Crippen molar-refractivity contribution in [2.24, 2.45) is 5.92 Å². The fraction of sp³-hybridized carbons (Fsp3) is 0.500.